The minimum atomic E-state index is -0.918. The lowest BCUT2D eigenvalue weighted by Crippen LogP contribution is -2.55. The molecule has 8 nitrogen and oxygen atoms in total. The Kier molecular flexibility index (Phi) is 11.7. The SMILES string of the molecule is CCCCC(=O)N[C@@H](Cc1ccccc1)C(=O)N[C@H]1/C=C/CCNC(=O)/C=C/[C@H](C(C)C)NC1=O. The lowest BCUT2D eigenvalue weighted by molar-refractivity contribution is -0.131. The highest BCUT2D eigenvalue weighted by Crippen LogP contribution is 2.08. The topological polar surface area (TPSA) is 116 Å². The van der Waals surface area contributed by atoms with E-state index in [0.29, 0.717) is 25.8 Å². The zero-order chi connectivity index (χ0) is 25.6. The Morgan fingerprint density at radius 3 is 2.54 bits per heavy atom. The second-order valence-corrected chi connectivity index (χ2v) is 9.04. The number of benzene rings is 1. The summed E-state index contributed by atoms with van der Waals surface area (Å²) in [5.74, 6) is -1.18. The Hall–Kier alpha value is -3.42. The molecule has 0 saturated carbocycles. The van der Waals surface area contributed by atoms with E-state index in [4.69, 9.17) is 0 Å². The Balaban J connectivity index is 2.20. The lowest BCUT2D eigenvalue weighted by Gasteiger charge is -2.25. The van der Waals surface area contributed by atoms with Crippen LogP contribution in [-0.2, 0) is 25.6 Å². The zero-order valence-corrected chi connectivity index (χ0v) is 20.9. The van der Waals surface area contributed by atoms with E-state index in [2.05, 4.69) is 21.3 Å². The van der Waals surface area contributed by atoms with E-state index in [0.717, 1.165) is 18.4 Å². The molecule has 0 fully saturated rings. The van der Waals surface area contributed by atoms with Crippen molar-refractivity contribution >= 4 is 23.6 Å². The molecule has 35 heavy (non-hydrogen) atoms. The molecular formula is C27H38N4O4. The number of carbonyl (C=O) groups excluding carboxylic acids is 4. The van der Waals surface area contributed by atoms with E-state index in [1.165, 1.54) is 6.08 Å². The van der Waals surface area contributed by atoms with Gasteiger partial charge in [-0.15, -0.1) is 0 Å². The van der Waals surface area contributed by atoms with Gasteiger partial charge < -0.3 is 21.3 Å². The van der Waals surface area contributed by atoms with Gasteiger partial charge in [0, 0.05) is 31.5 Å². The van der Waals surface area contributed by atoms with Crippen LogP contribution in [0.1, 0.15) is 52.0 Å². The molecule has 0 aromatic heterocycles. The van der Waals surface area contributed by atoms with Crippen molar-refractivity contribution in [3.05, 3.63) is 60.2 Å². The summed E-state index contributed by atoms with van der Waals surface area (Å²) in [5.41, 5.74) is 0.905. The van der Waals surface area contributed by atoms with Crippen LogP contribution in [0.15, 0.2) is 54.6 Å². The Morgan fingerprint density at radius 2 is 1.86 bits per heavy atom. The molecule has 4 amide bonds. The lowest BCUT2D eigenvalue weighted by atomic mass is 10.0. The Bertz CT molecular complexity index is 911. The fraction of sp³-hybridized carbons (Fsp3) is 0.481. The number of carbonyl (C=O) groups is 4. The van der Waals surface area contributed by atoms with Crippen LogP contribution in [0.25, 0.3) is 0 Å². The second kappa shape index (κ2) is 14.8. The maximum atomic E-state index is 13.3. The van der Waals surface area contributed by atoms with E-state index >= 15 is 0 Å². The molecular weight excluding hydrogens is 444 g/mol. The van der Waals surface area contributed by atoms with Crippen molar-refractivity contribution in [1.29, 1.82) is 0 Å². The number of nitrogens with one attached hydrogen (secondary N) is 4. The van der Waals surface area contributed by atoms with Crippen molar-refractivity contribution in [1.82, 2.24) is 21.3 Å². The van der Waals surface area contributed by atoms with Gasteiger partial charge in [0.15, 0.2) is 0 Å². The fourth-order valence-corrected chi connectivity index (χ4v) is 3.57. The van der Waals surface area contributed by atoms with E-state index in [9.17, 15) is 19.2 Å². The minimum absolute atomic E-state index is 0.0370. The molecule has 1 aromatic carbocycles. The molecule has 4 N–H and O–H groups in total. The van der Waals surface area contributed by atoms with Gasteiger partial charge in [-0.1, -0.05) is 75.8 Å². The van der Waals surface area contributed by atoms with Crippen LogP contribution in [0, 0.1) is 5.92 Å². The monoisotopic (exact) mass is 482 g/mol. The predicted octanol–water partition coefficient (Wildman–Crippen LogP) is 2.16. The first-order valence-corrected chi connectivity index (χ1v) is 12.4. The molecule has 3 atom stereocenters. The first-order chi connectivity index (χ1) is 16.8. The number of hydrogen-bond acceptors (Lipinski definition) is 4. The van der Waals surface area contributed by atoms with Crippen LogP contribution in [-0.4, -0.2) is 48.3 Å². The highest BCUT2D eigenvalue weighted by atomic mass is 16.2. The number of amides is 4. The van der Waals surface area contributed by atoms with Gasteiger partial charge in [-0.2, -0.15) is 0 Å². The summed E-state index contributed by atoms with van der Waals surface area (Å²) in [4.78, 5) is 50.7. The van der Waals surface area contributed by atoms with Gasteiger partial charge in [-0.3, -0.25) is 19.2 Å². The van der Waals surface area contributed by atoms with E-state index < -0.39 is 18.0 Å². The fourth-order valence-electron chi connectivity index (χ4n) is 3.57. The zero-order valence-electron chi connectivity index (χ0n) is 20.9. The number of unbranched alkanes of at least 4 members (excludes halogenated alkanes) is 1. The van der Waals surface area contributed by atoms with Crippen LogP contribution < -0.4 is 21.3 Å². The molecule has 1 aliphatic rings. The number of rotatable bonds is 9. The molecule has 1 heterocycles. The molecule has 1 aromatic rings. The first kappa shape index (κ1) is 27.8. The summed E-state index contributed by atoms with van der Waals surface area (Å²) in [6, 6.07) is 7.33. The summed E-state index contributed by atoms with van der Waals surface area (Å²) in [5, 5.41) is 11.3. The quantitative estimate of drug-likeness (QED) is 0.404. The summed E-state index contributed by atoms with van der Waals surface area (Å²) in [6.45, 7) is 6.29. The smallest absolute Gasteiger partial charge is 0.247 e. The highest BCUT2D eigenvalue weighted by molar-refractivity contribution is 5.93. The highest BCUT2D eigenvalue weighted by Gasteiger charge is 2.27. The Labute approximate surface area is 208 Å². The standard InChI is InChI=1S/C27H38N4O4/c1-4-5-14-25(33)29-23(18-20-11-7-6-8-12-20)27(35)31-22-13-9-10-17-28-24(32)16-15-21(19(2)3)30-26(22)34/h6-9,11-13,15-16,19,21-23H,4-5,10,14,17-18H2,1-3H3,(H,28,32)(H,29,33)(H,30,34)(H,31,35)/b13-9+,16-15+/t21-,22+,23+/m1/s1. The van der Waals surface area contributed by atoms with Crippen LogP contribution in [0.2, 0.25) is 0 Å². The summed E-state index contributed by atoms with van der Waals surface area (Å²) < 4.78 is 0. The Morgan fingerprint density at radius 1 is 1.11 bits per heavy atom. The van der Waals surface area contributed by atoms with E-state index in [-0.39, 0.29) is 29.7 Å². The third kappa shape index (κ3) is 10.2. The predicted molar refractivity (Wildman–Crippen MR) is 136 cm³/mol. The van der Waals surface area contributed by atoms with Crippen molar-refractivity contribution in [2.24, 2.45) is 5.92 Å². The van der Waals surface area contributed by atoms with Gasteiger partial charge in [0.25, 0.3) is 0 Å². The van der Waals surface area contributed by atoms with Crippen molar-refractivity contribution in [2.45, 2.75) is 71.0 Å². The van der Waals surface area contributed by atoms with Crippen molar-refractivity contribution in [3.63, 3.8) is 0 Å². The molecule has 0 unspecified atom stereocenters. The molecule has 8 heteroatoms. The van der Waals surface area contributed by atoms with Gasteiger partial charge in [0.2, 0.25) is 23.6 Å². The largest absolute Gasteiger partial charge is 0.352 e. The first-order valence-electron chi connectivity index (χ1n) is 12.4. The van der Waals surface area contributed by atoms with Crippen LogP contribution in [0.5, 0.6) is 0 Å². The second-order valence-electron chi connectivity index (χ2n) is 9.04. The molecule has 0 aliphatic carbocycles. The summed E-state index contributed by atoms with van der Waals surface area (Å²) in [6.07, 6.45) is 9.24. The third-order valence-corrected chi connectivity index (χ3v) is 5.69. The van der Waals surface area contributed by atoms with E-state index in [1.807, 2.05) is 51.1 Å². The van der Waals surface area contributed by atoms with E-state index in [1.54, 1.807) is 18.2 Å². The maximum absolute atomic E-state index is 13.3. The summed E-state index contributed by atoms with van der Waals surface area (Å²) >= 11 is 0. The summed E-state index contributed by atoms with van der Waals surface area (Å²) in [7, 11) is 0. The van der Waals surface area contributed by atoms with Gasteiger partial charge in [0.05, 0.1) is 0 Å². The normalized spacial score (nSPS) is 21.5. The van der Waals surface area contributed by atoms with Gasteiger partial charge >= 0.3 is 0 Å². The van der Waals surface area contributed by atoms with Crippen molar-refractivity contribution in [2.75, 3.05) is 6.54 Å². The van der Waals surface area contributed by atoms with Crippen LogP contribution in [0.3, 0.4) is 0 Å². The average Bonchev–Trinajstić information content (AvgIpc) is 2.83. The molecule has 190 valence electrons. The van der Waals surface area contributed by atoms with Gasteiger partial charge in [0.1, 0.15) is 12.1 Å². The van der Waals surface area contributed by atoms with Crippen molar-refractivity contribution in [3.8, 4) is 0 Å². The molecule has 0 spiro atoms. The van der Waals surface area contributed by atoms with Crippen molar-refractivity contribution < 1.29 is 19.2 Å². The van der Waals surface area contributed by atoms with Gasteiger partial charge in [-0.05, 0) is 24.3 Å². The molecule has 1 aliphatic heterocycles. The minimum Gasteiger partial charge on any atom is -0.352 e. The van der Waals surface area contributed by atoms with Gasteiger partial charge in [-0.25, -0.2) is 0 Å². The average molecular weight is 483 g/mol. The number of hydrogen-bond donors (Lipinski definition) is 4. The molecule has 2 rings (SSSR count). The maximum Gasteiger partial charge on any atom is 0.247 e. The van der Waals surface area contributed by atoms with Crippen LogP contribution >= 0.6 is 0 Å². The molecule has 0 saturated heterocycles. The molecule has 0 radical (unpaired) electrons. The molecule has 0 bridgehead atoms. The third-order valence-electron chi connectivity index (χ3n) is 5.69. The van der Waals surface area contributed by atoms with Crippen LogP contribution in [0.4, 0.5) is 0 Å².